The van der Waals surface area contributed by atoms with Crippen molar-refractivity contribution in [2.24, 2.45) is 0 Å². The normalized spacial score (nSPS) is 28.8. The van der Waals surface area contributed by atoms with Gasteiger partial charge in [0, 0.05) is 19.6 Å². The van der Waals surface area contributed by atoms with Crippen LogP contribution in [-0.2, 0) is 4.74 Å². The van der Waals surface area contributed by atoms with E-state index in [0.717, 1.165) is 32.7 Å². The van der Waals surface area contributed by atoms with Crippen molar-refractivity contribution in [2.45, 2.75) is 51.8 Å². The lowest BCUT2D eigenvalue weighted by atomic mass is 9.84. The minimum atomic E-state index is -0.0757. The summed E-state index contributed by atoms with van der Waals surface area (Å²) in [5, 5.41) is 6.09. The zero-order chi connectivity index (χ0) is 15.6. The molecule has 2 N–H and O–H groups in total. The molecule has 4 heteroatoms. The average Bonchev–Trinajstić information content (AvgIpc) is 2.53. The molecule has 0 saturated carbocycles. The van der Waals surface area contributed by atoms with Crippen molar-refractivity contribution >= 4 is 0 Å². The van der Waals surface area contributed by atoms with E-state index in [1.807, 2.05) is 0 Å². The number of hydrazine groups is 1. The van der Waals surface area contributed by atoms with E-state index in [1.54, 1.807) is 0 Å². The van der Waals surface area contributed by atoms with E-state index in [2.05, 4.69) is 54.7 Å². The third kappa shape index (κ3) is 2.81. The molecule has 2 aliphatic heterocycles. The van der Waals surface area contributed by atoms with Gasteiger partial charge in [0.05, 0.1) is 6.61 Å². The van der Waals surface area contributed by atoms with E-state index in [1.165, 1.54) is 29.5 Å². The SMILES string of the molecule is CCCCNN1CCC12NCCOC2c1ccc(C)c(C)c1. The second-order valence-electron chi connectivity index (χ2n) is 6.61. The summed E-state index contributed by atoms with van der Waals surface area (Å²) in [4.78, 5) is 0. The molecule has 2 atom stereocenters. The molecule has 2 saturated heterocycles. The van der Waals surface area contributed by atoms with E-state index in [0.29, 0.717) is 0 Å². The number of morpholine rings is 1. The predicted octanol–water partition coefficient (Wildman–Crippen LogP) is 2.67. The fourth-order valence-corrected chi connectivity index (χ4v) is 3.51. The molecule has 2 heterocycles. The lowest BCUT2D eigenvalue weighted by Gasteiger charge is -2.58. The number of unbranched alkanes of at least 4 members (excludes halogenated alkanes) is 1. The number of rotatable bonds is 5. The van der Waals surface area contributed by atoms with Crippen molar-refractivity contribution in [1.29, 1.82) is 0 Å². The van der Waals surface area contributed by atoms with Crippen molar-refractivity contribution in [3.63, 3.8) is 0 Å². The van der Waals surface area contributed by atoms with Gasteiger partial charge in [0.25, 0.3) is 0 Å². The molecule has 122 valence electrons. The van der Waals surface area contributed by atoms with Crippen LogP contribution in [0.2, 0.25) is 0 Å². The molecule has 0 aromatic heterocycles. The number of benzene rings is 1. The fourth-order valence-electron chi connectivity index (χ4n) is 3.51. The molecule has 0 amide bonds. The highest BCUT2D eigenvalue weighted by molar-refractivity contribution is 5.33. The Hall–Kier alpha value is -0.940. The maximum Gasteiger partial charge on any atom is 0.117 e. The van der Waals surface area contributed by atoms with Gasteiger partial charge in [-0.15, -0.1) is 0 Å². The van der Waals surface area contributed by atoms with Gasteiger partial charge in [-0.3, -0.25) is 10.7 Å². The zero-order valence-corrected chi connectivity index (χ0v) is 14.1. The summed E-state index contributed by atoms with van der Waals surface area (Å²) in [5.41, 5.74) is 7.49. The van der Waals surface area contributed by atoms with E-state index in [9.17, 15) is 0 Å². The lowest BCUT2D eigenvalue weighted by Crippen LogP contribution is -2.76. The first kappa shape index (κ1) is 15.9. The maximum absolute atomic E-state index is 6.21. The zero-order valence-electron chi connectivity index (χ0n) is 14.1. The standard InChI is InChI=1S/C18H29N3O/c1-4-5-9-20-21-11-8-18(21)17(22-12-10-19-18)16-7-6-14(2)15(3)13-16/h6-7,13,17,19-20H,4-5,8-12H2,1-3H3. The number of nitrogens with zero attached hydrogens (tertiary/aromatic N) is 1. The van der Waals surface area contributed by atoms with Crippen molar-refractivity contribution in [1.82, 2.24) is 15.8 Å². The van der Waals surface area contributed by atoms with E-state index in [4.69, 9.17) is 4.74 Å². The maximum atomic E-state index is 6.21. The fraction of sp³-hybridized carbons (Fsp3) is 0.667. The number of hydrogen-bond acceptors (Lipinski definition) is 4. The molecule has 1 aromatic carbocycles. The summed E-state index contributed by atoms with van der Waals surface area (Å²) >= 11 is 0. The van der Waals surface area contributed by atoms with Crippen LogP contribution in [0.15, 0.2) is 18.2 Å². The van der Waals surface area contributed by atoms with Gasteiger partial charge in [0.2, 0.25) is 0 Å². The Bertz CT molecular complexity index is 519. The van der Waals surface area contributed by atoms with E-state index < -0.39 is 0 Å². The second-order valence-corrected chi connectivity index (χ2v) is 6.61. The van der Waals surface area contributed by atoms with Crippen LogP contribution in [0.5, 0.6) is 0 Å². The largest absolute Gasteiger partial charge is 0.369 e. The molecular formula is C18H29N3O. The summed E-state index contributed by atoms with van der Waals surface area (Å²) in [7, 11) is 0. The van der Waals surface area contributed by atoms with Crippen LogP contribution >= 0.6 is 0 Å². The van der Waals surface area contributed by atoms with Crippen molar-refractivity contribution in [3.05, 3.63) is 34.9 Å². The molecule has 22 heavy (non-hydrogen) atoms. The quantitative estimate of drug-likeness (QED) is 0.820. The van der Waals surface area contributed by atoms with Crippen LogP contribution in [0.3, 0.4) is 0 Å². The Morgan fingerprint density at radius 3 is 2.91 bits per heavy atom. The number of aryl methyl sites for hydroxylation is 2. The van der Waals surface area contributed by atoms with Gasteiger partial charge in [-0.25, -0.2) is 5.01 Å². The third-order valence-electron chi connectivity index (χ3n) is 5.12. The van der Waals surface area contributed by atoms with Crippen LogP contribution in [0.1, 0.15) is 49.0 Å². The topological polar surface area (TPSA) is 36.5 Å². The van der Waals surface area contributed by atoms with Gasteiger partial charge >= 0.3 is 0 Å². The number of ether oxygens (including phenoxy) is 1. The van der Waals surface area contributed by atoms with Gasteiger partial charge < -0.3 is 4.74 Å². The molecule has 1 spiro atoms. The lowest BCUT2D eigenvalue weighted by molar-refractivity contribution is -0.196. The monoisotopic (exact) mass is 303 g/mol. The van der Waals surface area contributed by atoms with Gasteiger partial charge in [0.15, 0.2) is 0 Å². The van der Waals surface area contributed by atoms with Crippen LogP contribution in [-0.4, -0.2) is 36.9 Å². The van der Waals surface area contributed by atoms with Crippen LogP contribution < -0.4 is 10.7 Å². The molecule has 0 radical (unpaired) electrons. The first-order chi connectivity index (χ1) is 10.7. The van der Waals surface area contributed by atoms with Gasteiger partial charge in [0.1, 0.15) is 11.8 Å². The molecule has 2 fully saturated rings. The highest BCUT2D eigenvalue weighted by Crippen LogP contribution is 2.42. The summed E-state index contributed by atoms with van der Waals surface area (Å²) in [5.74, 6) is 0. The Labute approximate surface area is 134 Å². The third-order valence-corrected chi connectivity index (χ3v) is 5.12. The van der Waals surface area contributed by atoms with Gasteiger partial charge in [-0.1, -0.05) is 31.5 Å². The molecule has 1 aromatic rings. The van der Waals surface area contributed by atoms with Crippen LogP contribution in [0.25, 0.3) is 0 Å². The predicted molar refractivity (Wildman–Crippen MR) is 89.6 cm³/mol. The number of hydrogen-bond donors (Lipinski definition) is 2. The number of nitrogens with one attached hydrogen (secondary N) is 2. The Kier molecular flexibility index (Phi) is 4.83. The summed E-state index contributed by atoms with van der Waals surface area (Å²) < 4.78 is 6.21. The first-order valence-electron chi connectivity index (χ1n) is 8.62. The minimum absolute atomic E-state index is 0.0757. The van der Waals surface area contributed by atoms with Crippen LogP contribution in [0, 0.1) is 13.8 Å². The summed E-state index contributed by atoms with van der Waals surface area (Å²) in [6.45, 7) is 10.4. The molecule has 4 nitrogen and oxygen atoms in total. The Morgan fingerprint density at radius 2 is 2.23 bits per heavy atom. The molecule has 3 rings (SSSR count). The van der Waals surface area contributed by atoms with Crippen molar-refractivity contribution in [2.75, 3.05) is 26.2 Å². The molecule has 0 bridgehead atoms. The smallest absolute Gasteiger partial charge is 0.117 e. The van der Waals surface area contributed by atoms with Crippen molar-refractivity contribution < 1.29 is 4.74 Å². The molecule has 0 aliphatic carbocycles. The minimum Gasteiger partial charge on any atom is -0.369 e. The molecule has 2 aliphatic rings. The second kappa shape index (κ2) is 6.67. The van der Waals surface area contributed by atoms with Crippen LogP contribution in [0.4, 0.5) is 0 Å². The highest BCUT2D eigenvalue weighted by atomic mass is 16.5. The molecule has 2 unspecified atom stereocenters. The average molecular weight is 303 g/mol. The van der Waals surface area contributed by atoms with Gasteiger partial charge in [-0.2, -0.15) is 0 Å². The highest BCUT2D eigenvalue weighted by Gasteiger charge is 2.53. The molecular weight excluding hydrogens is 274 g/mol. The van der Waals surface area contributed by atoms with E-state index >= 15 is 0 Å². The Balaban J connectivity index is 1.80. The Morgan fingerprint density at radius 1 is 1.36 bits per heavy atom. The summed E-state index contributed by atoms with van der Waals surface area (Å²) in [6, 6.07) is 6.73. The summed E-state index contributed by atoms with van der Waals surface area (Å²) in [6.07, 6.45) is 3.66. The van der Waals surface area contributed by atoms with Gasteiger partial charge in [-0.05, 0) is 43.4 Å². The van der Waals surface area contributed by atoms with E-state index in [-0.39, 0.29) is 11.8 Å². The first-order valence-corrected chi connectivity index (χ1v) is 8.62. The van der Waals surface area contributed by atoms with Crippen molar-refractivity contribution in [3.8, 4) is 0 Å².